The van der Waals surface area contributed by atoms with E-state index < -0.39 is 11.9 Å². The lowest BCUT2D eigenvalue weighted by Gasteiger charge is -2.06. The molecule has 0 bridgehead atoms. The second-order valence-electron chi connectivity index (χ2n) is 4.05. The zero-order valence-corrected chi connectivity index (χ0v) is 10.6. The standard InChI is InChI=1S/C14H13NO4/c1-9(2)19-14(18)12(8-15)7-10-3-5-11(6-4-10)13(16)17/h3-7,9H,1-2H3,(H,16,17)/b12-7+. The summed E-state index contributed by atoms with van der Waals surface area (Å²) in [5.74, 6) is -1.73. The Balaban J connectivity index is 2.95. The molecular formula is C14H13NO4. The number of carboxylic acid groups (broad SMARTS) is 1. The van der Waals surface area contributed by atoms with Gasteiger partial charge in [-0.05, 0) is 37.6 Å². The summed E-state index contributed by atoms with van der Waals surface area (Å²) in [6.07, 6.45) is 1.05. The number of esters is 1. The summed E-state index contributed by atoms with van der Waals surface area (Å²) in [4.78, 5) is 22.2. The van der Waals surface area contributed by atoms with Crippen LogP contribution in [0.15, 0.2) is 29.8 Å². The van der Waals surface area contributed by atoms with E-state index >= 15 is 0 Å². The number of rotatable bonds is 4. The van der Waals surface area contributed by atoms with E-state index in [0.717, 1.165) is 0 Å². The Morgan fingerprint density at radius 1 is 1.32 bits per heavy atom. The van der Waals surface area contributed by atoms with Crippen molar-refractivity contribution >= 4 is 18.0 Å². The number of carbonyl (C=O) groups is 2. The van der Waals surface area contributed by atoms with Gasteiger partial charge in [-0.15, -0.1) is 0 Å². The summed E-state index contributed by atoms with van der Waals surface area (Å²) in [5.41, 5.74) is 0.569. The molecule has 1 aromatic rings. The summed E-state index contributed by atoms with van der Waals surface area (Å²) in [5, 5.41) is 17.6. The molecule has 0 amide bonds. The fourth-order valence-electron chi connectivity index (χ4n) is 1.30. The number of benzene rings is 1. The summed E-state index contributed by atoms with van der Waals surface area (Å²) >= 11 is 0. The lowest BCUT2D eigenvalue weighted by molar-refractivity contribution is -0.142. The Morgan fingerprint density at radius 3 is 2.32 bits per heavy atom. The van der Waals surface area contributed by atoms with E-state index in [9.17, 15) is 9.59 Å². The van der Waals surface area contributed by atoms with Crippen molar-refractivity contribution in [2.45, 2.75) is 20.0 Å². The molecule has 1 rings (SSSR count). The molecule has 0 radical (unpaired) electrons. The molecule has 0 heterocycles. The molecule has 19 heavy (non-hydrogen) atoms. The first kappa shape index (κ1) is 14.5. The number of hydrogen-bond acceptors (Lipinski definition) is 4. The highest BCUT2D eigenvalue weighted by Gasteiger charge is 2.12. The average Bonchev–Trinajstić information content (AvgIpc) is 2.35. The minimum Gasteiger partial charge on any atom is -0.478 e. The van der Waals surface area contributed by atoms with Crippen LogP contribution in [0.3, 0.4) is 0 Å². The van der Waals surface area contributed by atoms with Gasteiger partial charge in [0.05, 0.1) is 11.7 Å². The number of nitriles is 1. The van der Waals surface area contributed by atoms with Gasteiger partial charge >= 0.3 is 11.9 Å². The van der Waals surface area contributed by atoms with E-state index in [2.05, 4.69) is 0 Å². The number of aromatic carboxylic acids is 1. The van der Waals surface area contributed by atoms with Crippen molar-refractivity contribution in [3.63, 3.8) is 0 Å². The molecule has 0 aliphatic heterocycles. The molecule has 1 N–H and O–H groups in total. The van der Waals surface area contributed by atoms with Gasteiger partial charge in [0.15, 0.2) is 0 Å². The van der Waals surface area contributed by atoms with Crippen LogP contribution >= 0.6 is 0 Å². The number of carbonyl (C=O) groups excluding carboxylic acids is 1. The lowest BCUT2D eigenvalue weighted by atomic mass is 10.1. The van der Waals surface area contributed by atoms with E-state index in [0.29, 0.717) is 5.56 Å². The van der Waals surface area contributed by atoms with Crippen LogP contribution in [0.4, 0.5) is 0 Å². The van der Waals surface area contributed by atoms with Crippen molar-refractivity contribution in [3.8, 4) is 6.07 Å². The third kappa shape index (κ3) is 4.28. The zero-order chi connectivity index (χ0) is 14.4. The first-order chi connectivity index (χ1) is 8.93. The smallest absolute Gasteiger partial charge is 0.349 e. The summed E-state index contributed by atoms with van der Waals surface area (Å²) in [6.45, 7) is 3.38. The highest BCUT2D eigenvalue weighted by atomic mass is 16.5. The van der Waals surface area contributed by atoms with E-state index in [1.807, 2.05) is 0 Å². The van der Waals surface area contributed by atoms with Crippen LogP contribution in [0.25, 0.3) is 6.08 Å². The van der Waals surface area contributed by atoms with Gasteiger partial charge in [-0.1, -0.05) is 12.1 Å². The predicted molar refractivity (Wildman–Crippen MR) is 68.2 cm³/mol. The molecule has 5 nitrogen and oxygen atoms in total. The largest absolute Gasteiger partial charge is 0.478 e. The highest BCUT2D eigenvalue weighted by Crippen LogP contribution is 2.10. The Bertz CT molecular complexity index is 550. The normalized spacial score (nSPS) is 10.9. The third-order valence-corrected chi connectivity index (χ3v) is 2.15. The van der Waals surface area contributed by atoms with Gasteiger partial charge in [0.2, 0.25) is 0 Å². The molecule has 0 fully saturated rings. The van der Waals surface area contributed by atoms with Crippen molar-refractivity contribution in [2.24, 2.45) is 0 Å². The quantitative estimate of drug-likeness (QED) is 0.509. The molecular weight excluding hydrogens is 246 g/mol. The van der Waals surface area contributed by atoms with E-state index in [1.54, 1.807) is 19.9 Å². The van der Waals surface area contributed by atoms with Crippen molar-refractivity contribution in [1.82, 2.24) is 0 Å². The van der Waals surface area contributed by atoms with E-state index in [1.165, 1.54) is 30.3 Å². The molecule has 1 aromatic carbocycles. The number of carboxylic acids is 1. The van der Waals surface area contributed by atoms with Crippen LogP contribution < -0.4 is 0 Å². The molecule has 5 heteroatoms. The maximum atomic E-state index is 11.6. The Morgan fingerprint density at radius 2 is 1.89 bits per heavy atom. The number of hydrogen-bond donors (Lipinski definition) is 1. The van der Waals surface area contributed by atoms with Crippen molar-refractivity contribution < 1.29 is 19.4 Å². The summed E-state index contributed by atoms with van der Waals surface area (Å²) in [7, 11) is 0. The van der Waals surface area contributed by atoms with E-state index in [4.69, 9.17) is 15.1 Å². The third-order valence-electron chi connectivity index (χ3n) is 2.15. The van der Waals surface area contributed by atoms with E-state index in [-0.39, 0.29) is 17.2 Å². The SMILES string of the molecule is CC(C)OC(=O)/C(C#N)=C/c1ccc(C(=O)O)cc1. The molecule has 0 aliphatic rings. The first-order valence-electron chi connectivity index (χ1n) is 5.60. The first-order valence-corrected chi connectivity index (χ1v) is 5.60. The Kier molecular flexibility index (Phi) is 4.84. The van der Waals surface area contributed by atoms with Crippen molar-refractivity contribution in [2.75, 3.05) is 0 Å². The van der Waals surface area contributed by atoms with Crippen LogP contribution in [0.1, 0.15) is 29.8 Å². The summed E-state index contributed by atoms with van der Waals surface area (Å²) in [6, 6.07) is 7.60. The molecule has 0 atom stereocenters. The minimum absolute atomic E-state index is 0.128. The maximum absolute atomic E-state index is 11.6. The highest BCUT2D eigenvalue weighted by molar-refractivity contribution is 5.98. The Hall–Kier alpha value is -2.61. The van der Waals surface area contributed by atoms with Gasteiger partial charge in [-0.25, -0.2) is 9.59 Å². The molecule has 0 saturated carbocycles. The minimum atomic E-state index is -1.03. The molecule has 98 valence electrons. The second-order valence-corrected chi connectivity index (χ2v) is 4.05. The average molecular weight is 259 g/mol. The van der Waals surface area contributed by atoms with Crippen LogP contribution in [0, 0.1) is 11.3 Å². The lowest BCUT2D eigenvalue weighted by Crippen LogP contribution is -2.12. The molecule has 0 aliphatic carbocycles. The van der Waals surface area contributed by atoms with Gasteiger partial charge in [0.1, 0.15) is 11.6 Å². The van der Waals surface area contributed by atoms with Gasteiger partial charge in [0.25, 0.3) is 0 Å². The maximum Gasteiger partial charge on any atom is 0.349 e. The topological polar surface area (TPSA) is 87.4 Å². The molecule has 0 unspecified atom stereocenters. The van der Waals surface area contributed by atoms with Gasteiger partial charge in [0, 0.05) is 0 Å². The monoisotopic (exact) mass is 259 g/mol. The molecule has 0 saturated heterocycles. The molecule has 0 spiro atoms. The van der Waals surface area contributed by atoms with Crippen molar-refractivity contribution in [3.05, 3.63) is 41.0 Å². The predicted octanol–water partition coefficient (Wildman–Crippen LogP) is 2.24. The number of ether oxygens (including phenoxy) is 1. The van der Waals surface area contributed by atoms with Crippen LogP contribution in [0.2, 0.25) is 0 Å². The van der Waals surface area contributed by atoms with Gasteiger partial charge < -0.3 is 9.84 Å². The van der Waals surface area contributed by atoms with Gasteiger partial charge in [-0.3, -0.25) is 0 Å². The number of nitrogens with zero attached hydrogens (tertiary/aromatic N) is 1. The van der Waals surface area contributed by atoms with Crippen LogP contribution in [0.5, 0.6) is 0 Å². The fourth-order valence-corrected chi connectivity index (χ4v) is 1.30. The molecule has 0 aromatic heterocycles. The van der Waals surface area contributed by atoms with Crippen LogP contribution in [-0.2, 0) is 9.53 Å². The van der Waals surface area contributed by atoms with Crippen molar-refractivity contribution in [1.29, 1.82) is 5.26 Å². The summed E-state index contributed by atoms with van der Waals surface area (Å²) < 4.78 is 4.91. The van der Waals surface area contributed by atoms with Crippen LogP contribution in [-0.4, -0.2) is 23.1 Å². The fraction of sp³-hybridized carbons (Fsp3) is 0.214. The zero-order valence-electron chi connectivity index (χ0n) is 10.6. The second kappa shape index (κ2) is 6.36. The van der Waals surface area contributed by atoms with Gasteiger partial charge in [-0.2, -0.15) is 5.26 Å². The Labute approximate surface area is 110 Å².